The maximum Gasteiger partial charge on any atom is 0.263 e. The van der Waals surface area contributed by atoms with Gasteiger partial charge in [-0.2, -0.15) is 0 Å². The number of hydrogen-bond donors (Lipinski definition) is 1. The molecule has 1 atom stereocenters. The summed E-state index contributed by atoms with van der Waals surface area (Å²) in [7, 11) is 0. The van der Waals surface area contributed by atoms with Crippen LogP contribution >= 0.6 is 27.3 Å². The summed E-state index contributed by atoms with van der Waals surface area (Å²) < 4.78 is 2.44. The third kappa shape index (κ3) is 3.14. The number of halogens is 1. The second-order valence-electron chi connectivity index (χ2n) is 5.72. The van der Waals surface area contributed by atoms with Gasteiger partial charge in [-0.1, -0.05) is 41.9 Å². The molecule has 3 rings (SSSR count). The molecule has 0 aliphatic heterocycles. The van der Waals surface area contributed by atoms with Crippen LogP contribution in [0.2, 0.25) is 0 Å². The van der Waals surface area contributed by atoms with Gasteiger partial charge in [0.15, 0.2) is 0 Å². The quantitative estimate of drug-likeness (QED) is 0.681. The predicted molar refractivity (Wildman–Crippen MR) is 105 cm³/mol. The van der Waals surface area contributed by atoms with E-state index in [2.05, 4.69) is 20.9 Å². The molecule has 0 bridgehead atoms. The average Bonchev–Trinajstić information content (AvgIpc) is 3.01. The summed E-state index contributed by atoms with van der Waals surface area (Å²) in [6.45, 7) is 3.76. The molecule has 2 N–H and O–H groups in total. The van der Waals surface area contributed by atoms with Gasteiger partial charge >= 0.3 is 0 Å². The topological polar surface area (TPSA) is 78.0 Å². The summed E-state index contributed by atoms with van der Waals surface area (Å²) in [4.78, 5) is 30.4. The molecule has 7 heteroatoms. The Labute approximate surface area is 157 Å². The van der Waals surface area contributed by atoms with Crippen molar-refractivity contribution < 1.29 is 4.79 Å². The number of amides is 1. The normalized spacial score (nSPS) is 12.4. The number of carbonyl (C=O) groups is 1. The van der Waals surface area contributed by atoms with Gasteiger partial charge in [-0.05, 0) is 24.1 Å². The maximum atomic E-state index is 13.2. The van der Waals surface area contributed by atoms with Gasteiger partial charge in [-0.15, -0.1) is 11.3 Å². The van der Waals surface area contributed by atoms with Crippen molar-refractivity contribution in [1.29, 1.82) is 0 Å². The molecule has 5 nitrogen and oxygen atoms in total. The third-order valence-corrected chi connectivity index (χ3v) is 5.61. The van der Waals surface area contributed by atoms with Crippen molar-refractivity contribution in [2.45, 2.75) is 32.7 Å². The van der Waals surface area contributed by atoms with E-state index in [1.165, 1.54) is 15.9 Å². The Hall–Kier alpha value is -1.99. The zero-order chi connectivity index (χ0) is 18.1. The minimum Gasteiger partial charge on any atom is -0.368 e. The first-order valence-corrected chi connectivity index (χ1v) is 9.73. The highest BCUT2D eigenvalue weighted by Crippen LogP contribution is 2.32. The van der Waals surface area contributed by atoms with E-state index in [0.717, 1.165) is 15.6 Å². The van der Waals surface area contributed by atoms with Crippen LogP contribution in [0.25, 0.3) is 21.3 Å². The van der Waals surface area contributed by atoms with E-state index >= 15 is 0 Å². The molecule has 25 heavy (non-hydrogen) atoms. The Morgan fingerprint density at radius 2 is 2.00 bits per heavy atom. The zero-order valence-electron chi connectivity index (χ0n) is 14.0. The Bertz CT molecular complexity index is 992. The minimum atomic E-state index is -0.683. The van der Waals surface area contributed by atoms with E-state index in [4.69, 9.17) is 5.73 Å². The molecule has 1 amide bonds. The maximum absolute atomic E-state index is 13.2. The molecule has 1 unspecified atom stereocenters. The van der Waals surface area contributed by atoms with Gasteiger partial charge in [0.25, 0.3) is 5.56 Å². The summed E-state index contributed by atoms with van der Waals surface area (Å²) in [5, 5.41) is 2.49. The van der Waals surface area contributed by atoms with Crippen molar-refractivity contribution in [2.75, 3.05) is 0 Å². The first-order chi connectivity index (χ1) is 12.0. The molecule has 0 fully saturated rings. The summed E-state index contributed by atoms with van der Waals surface area (Å²) in [5.41, 5.74) is 7.10. The standard InChI is InChI=1S/C18H18BrN3O2S/c1-3-13(16(20)23)22-14(4-2)21-17-15(18(22)24)12(9-25-17)10-5-7-11(19)8-6-10/h5-9,13H,3-4H2,1-2H3,(H2,20,23). The molecule has 2 heterocycles. The second kappa shape index (κ2) is 7.09. The van der Waals surface area contributed by atoms with Gasteiger partial charge in [0.05, 0.1) is 5.39 Å². The largest absolute Gasteiger partial charge is 0.368 e. The van der Waals surface area contributed by atoms with E-state index in [-0.39, 0.29) is 5.56 Å². The molecule has 0 radical (unpaired) electrons. The van der Waals surface area contributed by atoms with Crippen LogP contribution in [-0.2, 0) is 11.2 Å². The number of benzene rings is 1. The fourth-order valence-electron chi connectivity index (χ4n) is 2.97. The van der Waals surface area contributed by atoms with Crippen LogP contribution in [0.5, 0.6) is 0 Å². The van der Waals surface area contributed by atoms with Crippen LogP contribution in [0.15, 0.2) is 38.9 Å². The molecule has 0 saturated carbocycles. The van der Waals surface area contributed by atoms with Crippen LogP contribution in [0.3, 0.4) is 0 Å². The molecule has 1 aromatic carbocycles. The van der Waals surface area contributed by atoms with E-state index in [0.29, 0.717) is 28.9 Å². The third-order valence-electron chi connectivity index (χ3n) is 4.21. The van der Waals surface area contributed by atoms with Crippen LogP contribution in [0.1, 0.15) is 32.1 Å². The lowest BCUT2D eigenvalue weighted by Gasteiger charge is -2.18. The Kier molecular flexibility index (Phi) is 5.06. The van der Waals surface area contributed by atoms with Crippen molar-refractivity contribution in [1.82, 2.24) is 9.55 Å². The number of thiophene rings is 1. The number of hydrogen-bond acceptors (Lipinski definition) is 4. The molecule has 0 saturated heterocycles. The average molecular weight is 420 g/mol. The first-order valence-electron chi connectivity index (χ1n) is 8.05. The Morgan fingerprint density at radius 3 is 2.56 bits per heavy atom. The first kappa shape index (κ1) is 17.8. The highest BCUT2D eigenvalue weighted by atomic mass is 79.9. The number of rotatable bonds is 5. The highest BCUT2D eigenvalue weighted by molar-refractivity contribution is 9.10. The lowest BCUT2D eigenvalue weighted by molar-refractivity contribution is -0.121. The smallest absolute Gasteiger partial charge is 0.263 e. The second-order valence-corrected chi connectivity index (χ2v) is 7.49. The number of nitrogens with two attached hydrogens (primary N) is 1. The predicted octanol–water partition coefficient (Wildman–Crippen LogP) is 3.89. The van der Waals surface area contributed by atoms with Crippen molar-refractivity contribution >= 4 is 43.4 Å². The molecule has 0 aliphatic carbocycles. The monoisotopic (exact) mass is 419 g/mol. The van der Waals surface area contributed by atoms with Crippen LogP contribution < -0.4 is 11.3 Å². The van der Waals surface area contributed by atoms with E-state index < -0.39 is 11.9 Å². The van der Waals surface area contributed by atoms with Gasteiger partial charge in [0.2, 0.25) is 5.91 Å². The molecule has 3 aromatic rings. The minimum absolute atomic E-state index is 0.202. The van der Waals surface area contributed by atoms with Gasteiger partial charge in [-0.25, -0.2) is 4.98 Å². The van der Waals surface area contributed by atoms with Crippen molar-refractivity contribution in [3.8, 4) is 11.1 Å². The Morgan fingerprint density at radius 1 is 1.32 bits per heavy atom. The summed E-state index contributed by atoms with van der Waals surface area (Å²) in [5.74, 6) is 0.0771. The van der Waals surface area contributed by atoms with Crippen molar-refractivity contribution in [3.63, 3.8) is 0 Å². The fraction of sp³-hybridized carbons (Fsp3) is 0.278. The SMILES string of the molecule is CCc1nc2scc(-c3ccc(Br)cc3)c2c(=O)n1C(CC)C(N)=O. The van der Waals surface area contributed by atoms with Crippen LogP contribution in [0, 0.1) is 0 Å². The molecule has 130 valence electrons. The number of aryl methyl sites for hydroxylation is 1. The van der Waals surface area contributed by atoms with E-state index in [1.54, 1.807) is 0 Å². The lowest BCUT2D eigenvalue weighted by Crippen LogP contribution is -2.36. The van der Waals surface area contributed by atoms with E-state index in [1.807, 2.05) is 43.5 Å². The summed E-state index contributed by atoms with van der Waals surface area (Å²) in [6.07, 6.45) is 1.01. The summed E-state index contributed by atoms with van der Waals surface area (Å²) >= 11 is 4.86. The van der Waals surface area contributed by atoms with E-state index in [9.17, 15) is 9.59 Å². The van der Waals surface area contributed by atoms with Gasteiger partial charge < -0.3 is 5.73 Å². The number of aromatic nitrogens is 2. The number of fused-ring (bicyclic) bond motifs is 1. The molecule has 2 aromatic heterocycles. The molecule has 0 spiro atoms. The zero-order valence-corrected chi connectivity index (χ0v) is 16.4. The number of carbonyl (C=O) groups excluding carboxylic acids is 1. The number of nitrogens with zero attached hydrogens (tertiary/aromatic N) is 2. The molecular weight excluding hydrogens is 402 g/mol. The van der Waals surface area contributed by atoms with Crippen LogP contribution in [-0.4, -0.2) is 15.5 Å². The van der Waals surface area contributed by atoms with Crippen LogP contribution in [0.4, 0.5) is 0 Å². The van der Waals surface area contributed by atoms with Gasteiger partial charge in [0, 0.05) is 21.8 Å². The Balaban J connectivity index is 2.32. The van der Waals surface area contributed by atoms with Crippen molar-refractivity contribution in [2.24, 2.45) is 5.73 Å². The van der Waals surface area contributed by atoms with Gasteiger partial charge in [0.1, 0.15) is 16.7 Å². The van der Waals surface area contributed by atoms with Crippen molar-refractivity contribution in [3.05, 3.63) is 50.3 Å². The molecule has 0 aliphatic rings. The summed E-state index contributed by atoms with van der Waals surface area (Å²) in [6, 6.07) is 7.09. The van der Waals surface area contributed by atoms with Gasteiger partial charge in [-0.3, -0.25) is 14.2 Å². The lowest BCUT2D eigenvalue weighted by atomic mass is 10.1. The highest BCUT2D eigenvalue weighted by Gasteiger charge is 2.23. The number of primary amides is 1. The fourth-order valence-corrected chi connectivity index (χ4v) is 4.19. The molecular formula is C18H18BrN3O2S.